The molecule has 0 saturated carbocycles. The van der Waals surface area contributed by atoms with Gasteiger partial charge in [0.1, 0.15) is 10.5 Å². The molecule has 0 spiro atoms. The van der Waals surface area contributed by atoms with Crippen molar-refractivity contribution in [3.63, 3.8) is 0 Å². The topological polar surface area (TPSA) is 32.6 Å². The first-order valence-electron chi connectivity index (χ1n) is 5.94. The highest BCUT2D eigenvalue weighted by atomic mass is 32.2. The molecule has 3 heteroatoms. The Kier molecular flexibility index (Phi) is 3.13. The molecule has 1 radical (unpaired) electrons. The standard InChI is InChI=1S/C16H12NOS/c18-15-8-6-14(7-9-15)16(12-17-10-11-19-16)13-4-2-1-3-5-13/h2-12,18H. The van der Waals surface area contributed by atoms with Crippen LogP contribution in [0.25, 0.3) is 0 Å². The smallest absolute Gasteiger partial charge is 0.115 e. The molecule has 1 heterocycles. The first-order chi connectivity index (χ1) is 9.31. The molecule has 2 nitrogen and oxygen atoms in total. The van der Waals surface area contributed by atoms with Gasteiger partial charge in [-0.2, -0.15) is 0 Å². The van der Waals surface area contributed by atoms with Crippen LogP contribution in [0.3, 0.4) is 0 Å². The highest BCUT2D eigenvalue weighted by Crippen LogP contribution is 2.43. The summed E-state index contributed by atoms with van der Waals surface area (Å²) in [6.07, 6.45) is 3.73. The lowest BCUT2D eigenvalue weighted by Crippen LogP contribution is -2.25. The Morgan fingerprint density at radius 3 is 2.32 bits per heavy atom. The maximum atomic E-state index is 9.45. The summed E-state index contributed by atoms with van der Waals surface area (Å²) in [6.45, 7) is 0. The first kappa shape index (κ1) is 12.1. The molecule has 1 N–H and O–H groups in total. The van der Waals surface area contributed by atoms with E-state index < -0.39 is 0 Å². The summed E-state index contributed by atoms with van der Waals surface area (Å²) in [7, 11) is 0. The van der Waals surface area contributed by atoms with E-state index >= 15 is 0 Å². The third kappa shape index (κ3) is 2.17. The molecule has 1 aliphatic heterocycles. The second-order valence-corrected chi connectivity index (χ2v) is 5.40. The van der Waals surface area contributed by atoms with Gasteiger partial charge in [0, 0.05) is 12.4 Å². The van der Waals surface area contributed by atoms with Crippen LogP contribution in [-0.4, -0.2) is 11.3 Å². The van der Waals surface area contributed by atoms with Crippen molar-refractivity contribution in [2.24, 2.45) is 4.99 Å². The number of aromatic hydroxyl groups is 1. The zero-order valence-corrected chi connectivity index (χ0v) is 11.0. The number of nitrogens with zero attached hydrogens (tertiary/aromatic N) is 1. The number of benzene rings is 2. The average Bonchev–Trinajstić information content (AvgIpc) is 2.49. The van der Waals surface area contributed by atoms with Crippen LogP contribution < -0.4 is 0 Å². The maximum Gasteiger partial charge on any atom is 0.115 e. The summed E-state index contributed by atoms with van der Waals surface area (Å²) in [5.41, 5.74) is 2.24. The lowest BCUT2D eigenvalue weighted by atomic mass is 9.91. The Labute approximate surface area is 116 Å². The van der Waals surface area contributed by atoms with Gasteiger partial charge in [-0.15, -0.1) is 11.8 Å². The van der Waals surface area contributed by atoms with Gasteiger partial charge in [0.15, 0.2) is 0 Å². The molecule has 2 aromatic carbocycles. The highest BCUT2D eigenvalue weighted by molar-refractivity contribution is 8.03. The van der Waals surface area contributed by atoms with Crippen molar-refractivity contribution in [3.8, 4) is 5.75 Å². The molecule has 1 atom stereocenters. The quantitative estimate of drug-likeness (QED) is 0.898. The zero-order valence-electron chi connectivity index (χ0n) is 10.2. The summed E-state index contributed by atoms with van der Waals surface area (Å²) < 4.78 is -0.336. The number of hydrogen-bond acceptors (Lipinski definition) is 3. The molecule has 0 aliphatic carbocycles. The van der Waals surface area contributed by atoms with E-state index in [1.807, 2.05) is 48.0 Å². The van der Waals surface area contributed by atoms with Crippen molar-refractivity contribution >= 4 is 18.0 Å². The fourth-order valence-electron chi connectivity index (χ4n) is 2.15. The van der Waals surface area contributed by atoms with E-state index in [1.54, 1.807) is 30.1 Å². The van der Waals surface area contributed by atoms with Crippen LogP contribution in [-0.2, 0) is 4.75 Å². The van der Waals surface area contributed by atoms with Gasteiger partial charge < -0.3 is 5.11 Å². The summed E-state index contributed by atoms with van der Waals surface area (Å²) >= 11 is 1.70. The van der Waals surface area contributed by atoms with E-state index in [1.165, 1.54) is 0 Å². The van der Waals surface area contributed by atoms with E-state index in [0.29, 0.717) is 0 Å². The maximum absolute atomic E-state index is 9.45. The molecule has 1 aliphatic rings. The predicted molar refractivity (Wildman–Crippen MR) is 79.4 cm³/mol. The normalized spacial score (nSPS) is 21.5. The lowest BCUT2D eigenvalue weighted by molar-refractivity contribution is 0.475. The molecule has 0 saturated heterocycles. The molecule has 19 heavy (non-hydrogen) atoms. The Hall–Kier alpha value is -2.00. The number of phenols is 1. The number of aliphatic imine (C=N–C) groups is 1. The van der Waals surface area contributed by atoms with Gasteiger partial charge in [-0.05, 0) is 34.7 Å². The van der Waals surface area contributed by atoms with Crippen LogP contribution in [0.5, 0.6) is 5.75 Å². The van der Waals surface area contributed by atoms with E-state index in [0.717, 1.165) is 11.1 Å². The Morgan fingerprint density at radius 1 is 1.00 bits per heavy atom. The second-order valence-electron chi connectivity index (χ2n) is 4.25. The fourth-order valence-corrected chi connectivity index (χ4v) is 3.16. The number of phenolic OH excluding ortho intramolecular Hbond substituents is 1. The van der Waals surface area contributed by atoms with Crippen molar-refractivity contribution in [3.05, 3.63) is 77.3 Å². The summed E-state index contributed by atoms with van der Waals surface area (Å²) in [5.74, 6) is 0.272. The molecule has 0 amide bonds. The van der Waals surface area contributed by atoms with Crippen molar-refractivity contribution in [1.82, 2.24) is 0 Å². The Bertz CT molecular complexity index is 619. The van der Waals surface area contributed by atoms with Gasteiger partial charge in [-0.25, -0.2) is 0 Å². The minimum Gasteiger partial charge on any atom is -0.508 e. The highest BCUT2D eigenvalue weighted by Gasteiger charge is 2.33. The van der Waals surface area contributed by atoms with Gasteiger partial charge in [0.2, 0.25) is 0 Å². The van der Waals surface area contributed by atoms with Crippen LogP contribution in [0.4, 0.5) is 0 Å². The third-order valence-corrected chi connectivity index (χ3v) is 4.31. The van der Waals surface area contributed by atoms with Crippen LogP contribution >= 0.6 is 11.8 Å². The monoisotopic (exact) mass is 266 g/mol. The van der Waals surface area contributed by atoms with Crippen molar-refractivity contribution in [2.75, 3.05) is 0 Å². The molecule has 3 rings (SSSR count). The molecule has 2 aromatic rings. The Morgan fingerprint density at radius 2 is 1.68 bits per heavy atom. The van der Waals surface area contributed by atoms with Gasteiger partial charge in [0.25, 0.3) is 0 Å². The van der Waals surface area contributed by atoms with E-state index in [2.05, 4.69) is 11.1 Å². The van der Waals surface area contributed by atoms with Crippen LogP contribution in [0.15, 0.2) is 65.1 Å². The van der Waals surface area contributed by atoms with Gasteiger partial charge >= 0.3 is 0 Å². The molecule has 0 fully saturated rings. The largest absolute Gasteiger partial charge is 0.508 e. The zero-order chi connectivity index (χ0) is 13.1. The van der Waals surface area contributed by atoms with Crippen molar-refractivity contribution < 1.29 is 5.11 Å². The first-order valence-corrected chi connectivity index (χ1v) is 6.82. The molecule has 0 bridgehead atoms. The SMILES string of the molecule is Oc1ccc(C2(c3cc[c]cc3)C=NC=CS2)cc1. The van der Waals surface area contributed by atoms with Gasteiger partial charge in [0.05, 0.1) is 0 Å². The molecule has 0 aromatic heterocycles. The molecular weight excluding hydrogens is 254 g/mol. The van der Waals surface area contributed by atoms with Crippen LogP contribution in [0.1, 0.15) is 11.1 Å². The van der Waals surface area contributed by atoms with Gasteiger partial charge in [-0.3, -0.25) is 4.99 Å². The van der Waals surface area contributed by atoms with Gasteiger partial charge in [-0.1, -0.05) is 36.4 Å². The van der Waals surface area contributed by atoms with Crippen LogP contribution in [0.2, 0.25) is 0 Å². The van der Waals surface area contributed by atoms with E-state index in [-0.39, 0.29) is 10.5 Å². The molecule has 1 unspecified atom stereocenters. The van der Waals surface area contributed by atoms with E-state index in [9.17, 15) is 5.11 Å². The lowest BCUT2D eigenvalue weighted by Gasteiger charge is -2.30. The minimum atomic E-state index is -0.336. The van der Waals surface area contributed by atoms with E-state index in [4.69, 9.17) is 0 Å². The minimum absolute atomic E-state index is 0.272. The number of rotatable bonds is 2. The molecule has 93 valence electrons. The second kappa shape index (κ2) is 4.94. The Balaban J connectivity index is 2.15. The summed E-state index contributed by atoms with van der Waals surface area (Å²) in [6, 6.07) is 18.2. The van der Waals surface area contributed by atoms with Crippen molar-refractivity contribution in [2.45, 2.75) is 4.75 Å². The summed E-state index contributed by atoms with van der Waals surface area (Å²) in [4.78, 5) is 4.31. The molecular formula is C16H12NOS. The van der Waals surface area contributed by atoms with Crippen molar-refractivity contribution in [1.29, 1.82) is 0 Å². The number of thioether (sulfide) groups is 1. The fraction of sp³-hybridized carbons (Fsp3) is 0.0625. The predicted octanol–water partition coefficient (Wildman–Crippen LogP) is 3.72. The number of hydrogen-bond donors (Lipinski definition) is 1. The summed E-state index contributed by atoms with van der Waals surface area (Å²) in [5, 5.41) is 11.4. The van der Waals surface area contributed by atoms with Crippen LogP contribution in [0, 0.1) is 6.07 Å². The average molecular weight is 266 g/mol. The third-order valence-electron chi connectivity index (χ3n) is 3.10.